The molecule has 2 aliphatic rings. The Bertz CT molecular complexity index is 929. The summed E-state index contributed by atoms with van der Waals surface area (Å²) >= 11 is 0. The summed E-state index contributed by atoms with van der Waals surface area (Å²) in [6.07, 6.45) is 3.81. The minimum absolute atomic E-state index is 0.332. The predicted octanol–water partition coefficient (Wildman–Crippen LogP) is 2.27. The molecule has 5 rings (SSSR count). The zero-order valence-corrected chi connectivity index (χ0v) is 14.1. The molecule has 2 aromatic heterocycles. The second-order valence-electron chi connectivity index (χ2n) is 6.49. The van der Waals surface area contributed by atoms with E-state index in [-0.39, 0.29) is 0 Å². The van der Waals surface area contributed by atoms with Gasteiger partial charge in [0.1, 0.15) is 24.9 Å². The van der Waals surface area contributed by atoms with Gasteiger partial charge in [0, 0.05) is 30.4 Å². The largest absolute Gasteiger partial charge is 0.486 e. The Balaban J connectivity index is 1.53. The monoisotopic (exact) mass is 337 g/mol. The Labute approximate surface area is 145 Å². The summed E-state index contributed by atoms with van der Waals surface area (Å²) in [6, 6.07) is 8.03. The number of ether oxygens (including phenoxy) is 2. The fourth-order valence-electron chi connectivity index (χ4n) is 3.64. The molecule has 1 atom stereocenters. The van der Waals surface area contributed by atoms with Crippen molar-refractivity contribution in [3.8, 4) is 17.2 Å². The lowest BCUT2D eigenvalue weighted by Gasteiger charge is -2.23. The molecule has 7 nitrogen and oxygen atoms in total. The Morgan fingerprint density at radius 2 is 2.00 bits per heavy atom. The lowest BCUT2D eigenvalue weighted by molar-refractivity contribution is 0.171. The molecule has 1 aromatic carbocycles. The van der Waals surface area contributed by atoms with Gasteiger partial charge in [-0.2, -0.15) is 10.2 Å². The smallest absolute Gasteiger partial charge is 0.163 e. The van der Waals surface area contributed by atoms with E-state index >= 15 is 0 Å². The summed E-state index contributed by atoms with van der Waals surface area (Å²) < 4.78 is 15.4. The molecular weight excluding hydrogens is 318 g/mol. The van der Waals surface area contributed by atoms with Crippen LogP contribution in [0.15, 0.2) is 30.5 Å². The number of rotatable bonds is 2. The van der Waals surface area contributed by atoms with E-state index in [2.05, 4.69) is 20.9 Å². The van der Waals surface area contributed by atoms with Crippen LogP contribution in [0, 0.1) is 6.92 Å². The Kier molecular flexibility index (Phi) is 3.26. The van der Waals surface area contributed by atoms with Crippen molar-refractivity contribution in [2.24, 2.45) is 0 Å². The molecule has 0 saturated heterocycles. The summed E-state index contributed by atoms with van der Waals surface area (Å²) in [6.45, 7) is 4.02. The molecule has 3 aromatic rings. The molecule has 0 saturated carbocycles. The average molecular weight is 337 g/mol. The van der Waals surface area contributed by atoms with Gasteiger partial charge in [0.15, 0.2) is 11.5 Å². The van der Waals surface area contributed by atoms with Crippen LogP contribution in [0.5, 0.6) is 11.5 Å². The lowest BCUT2D eigenvalue weighted by Crippen LogP contribution is -2.21. The number of fused-ring (bicyclic) bond motifs is 2. The van der Waals surface area contributed by atoms with Crippen molar-refractivity contribution in [3.63, 3.8) is 0 Å². The molecule has 7 heteroatoms. The van der Waals surface area contributed by atoms with Crippen LogP contribution in [0.4, 0.5) is 0 Å². The first-order chi connectivity index (χ1) is 12.3. The van der Waals surface area contributed by atoms with Gasteiger partial charge < -0.3 is 9.47 Å². The van der Waals surface area contributed by atoms with E-state index in [0.717, 1.165) is 48.2 Å². The zero-order chi connectivity index (χ0) is 16.8. The number of nitrogens with zero attached hydrogens (tertiary/aromatic N) is 5. The SMILES string of the molecule is Cc1nc(C2CCn3nccc3C2)n(-c2ccc3c(c2)OCCO3)n1. The first-order valence-electron chi connectivity index (χ1n) is 8.62. The van der Waals surface area contributed by atoms with Gasteiger partial charge in [0.2, 0.25) is 0 Å². The normalized spacial score (nSPS) is 18.8. The van der Waals surface area contributed by atoms with Crippen molar-refractivity contribution in [1.82, 2.24) is 24.5 Å². The third-order valence-electron chi connectivity index (χ3n) is 4.82. The van der Waals surface area contributed by atoms with Gasteiger partial charge in [-0.25, -0.2) is 9.67 Å². The zero-order valence-electron chi connectivity index (χ0n) is 14.1. The summed E-state index contributed by atoms with van der Waals surface area (Å²) in [5, 5.41) is 9.00. The molecule has 0 bridgehead atoms. The predicted molar refractivity (Wildman–Crippen MR) is 90.4 cm³/mol. The molecule has 0 fully saturated rings. The van der Waals surface area contributed by atoms with Crippen LogP contribution in [0.2, 0.25) is 0 Å². The number of aryl methyl sites for hydroxylation is 2. The van der Waals surface area contributed by atoms with Gasteiger partial charge in [-0.1, -0.05) is 0 Å². The molecular formula is C18H19N5O2. The highest BCUT2D eigenvalue weighted by Gasteiger charge is 2.26. The van der Waals surface area contributed by atoms with Crippen LogP contribution in [0.1, 0.15) is 29.7 Å². The van der Waals surface area contributed by atoms with E-state index in [1.54, 1.807) is 0 Å². The minimum Gasteiger partial charge on any atom is -0.486 e. The molecule has 0 amide bonds. The molecule has 0 radical (unpaired) electrons. The fraction of sp³-hybridized carbons (Fsp3) is 0.389. The highest BCUT2D eigenvalue weighted by molar-refractivity contribution is 5.49. The van der Waals surface area contributed by atoms with E-state index in [9.17, 15) is 0 Å². The maximum Gasteiger partial charge on any atom is 0.163 e. The summed E-state index contributed by atoms with van der Waals surface area (Å²) in [5.41, 5.74) is 2.21. The topological polar surface area (TPSA) is 67.0 Å². The van der Waals surface area contributed by atoms with E-state index in [1.165, 1.54) is 5.69 Å². The maximum absolute atomic E-state index is 5.72. The van der Waals surface area contributed by atoms with Crippen molar-refractivity contribution in [1.29, 1.82) is 0 Å². The maximum atomic E-state index is 5.72. The van der Waals surface area contributed by atoms with Crippen LogP contribution in [-0.2, 0) is 13.0 Å². The molecule has 1 unspecified atom stereocenters. The Morgan fingerprint density at radius 3 is 2.92 bits per heavy atom. The summed E-state index contributed by atoms with van der Waals surface area (Å²) in [7, 11) is 0. The van der Waals surface area contributed by atoms with E-state index in [1.807, 2.05) is 36.0 Å². The summed E-state index contributed by atoms with van der Waals surface area (Å²) in [4.78, 5) is 4.73. The van der Waals surface area contributed by atoms with Crippen LogP contribution in [0.25, 0.3) is 5.69 Å². The van der Waals surface area contributed by atoms with Crippen molar-refractivity contribution in [2.45, 2.75) is 32.2 Å². The molecule has 25 heavy (non-hydrogen) atoms. The van der Waals surface area contributed by atoms with Gasteiger partial charge >= 0.3 is 0 Å². The van der Waals surface area contributed by atoms with Gasteiger partial charge in [0.05, 0.1) is 5.69 Å². The van der Waals surface area contributed by atoms with Crippen molar-refractivity contribution in [2.75, 3.05) is 13.2 Å². The van der Waals surface area contributed by atoms with E-state index < -0.39 is 0 Å². The molecule has 128 valence electrons. The van der Waals surface area contributed by atoms with Gasteiger partial charge in [-0.3, -0.25) is 4.68 Å². The second-order valence-corrected chi connectivity index (χ2v) is 6.49. The molecule has 4 heterocycles. The molecule has 0 spiro atoms. The third-order valence-corrected chi connectivity index (χ3v) is 4.82. The fourth-order valence-corrected chi connectivity index (χ4v) is 3.64. The number of hydrogen-bond acceptors (Lipinski definition) is 5. The lowest BCUT2D eigenvalue weighted by atomic mass is 9.95. The van der Waals surface area contributed by atoms with Gasteiger partial charge in [-0.15, -0.1) is 0 Å². The van der Waals surface area contributed by atoms with Crippen LogP contribution in [0.3, 0.4) is 0 Å². The summed E-state index contributed by atoms with van der Waals surface area (Å²) in [5.74, 6) is 3.67. The standard InChI is InChI=1S/C18H19N5O2/c1-12-20-18(13-5-7-22-14(10-13)4-6-19-22)23(21-12)15-2-3-16-17(11-15)25-9-8-24-16/h2-4,6,11,13H,5,7-10H2,1H3. The highest BCUT2D eigenvalue weighted by Crippen LogP contribution is 2.34. The van der Waals surface area contributed by atoms with Crippen molar-refractivity contribution < 1.29 is 9.47 Å². The number of hydrogen-bond donors (Lipinski definition) is 0. The quantitative estimate of drug-likeness (QED) is 0.718. The molecule has 0 aliphatic carbocycles. The number of aromatic nitrogens is 5. The first-order valence-corrected chi connectivity index (χ1v) is 8.62. The average Bonchev–Trinajstić information content (AvgIpc) is 3.27. The van der Waals surface area contributed by atoms with Crippen LogP contribution in [-0.4, -0.2) is 37.8 Å². The number of benzene rings is 1. The Hall–Kier alpha value is -2.83. The van der Waals surface area contributed by atoms with E-state index in [4.69, 9.17) is 14.5 Å². The van der Waals surface area contributed by atoms with Gasteiger partial charge in [0.25, 0.3) is 0 Å². The Morgan fingerprint density at radius 1 is 1.12 bits per heavy atom. The van der Waals surface area contributed by atoms with Crippen molar-refractivity contribution in [3.05, 3.63) is 47.8 Å². The van der Waals surface area contributed by atoms with E-state index in [0.29, 0.717) is 19.1 Å². The highest BCUT2D eigenvalue weighted by atomic mass is 16.6. The van der Waals surface area contributed by atoms with Crippen molar-refractivity contribution >= 4 is 0 Å². The van der Waals surface area contributed by atoms with Crippen LogP contribution >= 0.6 is 0 Å². The molecule has 0 N–H and O–H groups in total. The third kappa shape index (κ3) is 2.47. The first kappa shape index (κ1) is 14.5. The van der Waals surface area contributed by atoms with Gasteiger partial charge in [-0.05, 0) is 38.0 Å². The van der Waals surface area contributed by atoms with Crippen LogP contribution < -0.4 is 9.47 Å². The minimum atomic E-state index is 0.332. The molecule has 2 aliphatic heterocycles. The second kappa shape index (κ2) is 5.61.